The first-order chi connectivity index (χ1) is 7.79. The van der Waals surface area contributed by atoms with Crippen LogP contribution in [0.25, 0.3) is 0 Å². The first-order valence-corrected chi connectivity index (χ1v) is 6.37. The Kier molecular flexibility index (Phi) is 9.50. The molecule has 0 aromatic heterocycles. The highest BCUT2D eigenvalue weighted by Gasteiger charge is 2.25. The Bertz CT molecular complexity index is 209. The standard InChI is InChI=1S/C12H24N2O2.ClH/c1-3-8-14(11-5-7-13-10-11)12(15)6-9-16-4-2;/h11,13H,3-10H2,1-2H3;1H. The summed E-state index contributed by atoms with van der Waals surface area (Å²) in [6, 6.07) is 0.397. The van der Waals surface area contributed by atoms with Crippen LogP contribution in [0.2, 0.25) is 0 Å². The molecule has 1 atom stereocenters. The molecular formula is C12H25ClN2O2. The van der Waals surface area contributed by atoms with Gasteiger partial charge in [-0.25, -0.2) is 0 Å². The summed E-state index contributed by atoms with van der Waals surface area (Å²) in [4.78, 5) is 14.0. The van der Waals surface area contributed by atoms with Gasteiger partial charge in [0.2, 0.25) is 5.91 Å². The number of rotatable bonds is 7. The van der Waals surface area contributed by atoms with Crippen LogP contribution in [-0.2, 0) is 9.53 Å². The minimum absolute atomic E-state index is 0. The number of amides is 1. The Balaban J connectivity index is 0.00000256. The minimum atomic E-state index is 0. The predicted octanol–water partition coefficient (Wildman–Crippen LogP) is 1.44. The average Bonchev–Trinajstić information content (AvgIpc) is 2.79. The maximum Gasteiger partial charge on any atom is 0.225 e. The van der Waals surface area contributed by atoms with Crippen molar-refractivity contribution in [1.82, 2.24) is 10.2 Å². The second kappa shape index (κ2) is 9.68. The Labute approximate surface area is 110 Å². The van der Waals surface area contributed by atoms with Gasteiger partial charge in [0, 0.05) is 25.7 Å². The van der Waals surface area contributed by atoms with E-state index in [9.17, 15) is 4.79 Å². The molecule has 0 aliphatic carbocycles. The smallest absolute Gasteiger partial charge is 0.225 e. The van der Waals surface area contributed by atoms with E-state index in [0.29, 0.717) is 25.7 Å². The summed E-state index contributed by atoms with van der Waals surface area (Å²) < 4.78 is 5.23. The molecule has 1 unspecified atom stereocenters. The van der Waals surface area contributed by atoms with Gasteiger partial charge in [0.25, 0.3) is 0 Å². The molecule has 0 radical (unpaired) electrons. The molecule has 0 aromatic carbocycles. The van der Waals surface area contributed by atoms with Gasteiger partial charge < -0.3 is 15.0 Å². The van der Waals surface area contributed by atoms with Crippen molar-refractivity contribution in [3.8, 4) is 0 Å². The van der Waals surface area contributed by atoms with E-state index in [0.717, 1.165) is 32.5 Å². The van der Waals surface area contributed by atoms with Crippen molar-refractivity contribution in [3.05, 3.63) is 0 Å². The fourth-order valence-electron chi connectivity index (χ4n) is 2.10. The molecular weight excluding hydrogens is 240 g/mol. The summed E-state index contributed by atoms with van der Waals surface area (Å²) >= 11 is 0. The molecule has 1 aliphatic rings. The second-order valence-corrected chi connectivity index (χ2v) is 4.18. The fraction of sp³-hybridized carbons (Fsp3) is 0.917. The van der Waals surface area contributed by atoms with Crippen molar-refractivity contribution in [3.63, 3.8) is 0 Å². The van der Waals surface area contributed by atoms with Crippen LogP contribution in [0, 0.1) is 0 Å². The van der Waals surface area contributed by atoms with Gasteiger partial charge in [-0.1, -0.05) is 6.92 Å². The Morgan fingerprint density at radius 2 is 2.24 bits per heavy atom. The van der Waals surface area contributed by atoms with E-state index in [-0.39, 0.29) is 18.3 Å². The van der Waals surface area contributed by atoms with Gasteiger partial charge >= 0.3 is 0 Å². The lowest BCUT2D eigenvalue weighted by Gasteiger charge is -2.28. The first-order valence-electron chi connectivity index (χ1n) is 6.37. The van der Waals surface area contributed by atoms with E-state index >= 15 is 0 Å². The third-order valence-corrected chi connectivity index (χ3v) is 2.92. The Hall–Kier alpha value is -0.320. The van der Waals surface area contributed by atoms with Gasteiger partial charge in [0.15, 0.2) is 0 Å². The lowest BCUT2D eigenvalue weighted by atomic mass is 10.2. The second-order valence-electron chi connectivity index (χ2n) is 4.18. The quantitative estimate of drug-likeness (QED) is 0.708. The van der Waals surface area contributed by atoms with E-state index < -0.39 is 0 Å². The van der Waals surface area contributed by atoms with E-state index in [1.165, 1.54) is 0 Å². The van der Waals surface area contributed by atoms with Gasteiger partial charge in [-0.3, -0.25) is 4.79 Å². The summed E-state index contributed by atoms with van der Waals surface area (Å²) in [5, 5.41) is 3.31. The van der Waals surface area contributed by atoms with Crippen LogP contribution >= 0.6 is 12.4 Å². The number of ether oxygens (including phenoxy) is 1. The Morgan fingerprint density at radius 3 is 2.76 bits per heavy atom. The number of carbonyl (C=O) groups excluding carboxylic acids is 1. The number of halogens is 1. The maximum absolute atomic E-state index is 12.0. The zero-order valence-corrected chi connectivity index (χ0v) is 11.7. The molecule has 1 N–H and O–H groups in total. The van der Waals surface area contributed by atoms with E-state index in [4.69, 9.17) is 4.74 Å². The number of hydrogen-bond acceptors (Lipinski definition) is 3. The van der Waals surface area contributed by atoms with Crippen LogP contribution < -0.4 is 5.32 Å². The summed E-state index contributed by atoms with van der Waals surface area (Å²) in [5.74, 6) is 0.240. The van der Waals surface area contributed by atoms with Crippen LogP contribution in [0.4, 0.5) is 0 Å². The molecule has 0 spiro atoms. The zero-order valence-electron chi connectivity index (χ0n) is 10.9. The molecule has 0 bridgehead atoms. The van der Waals surface area contributed by atoms with Crippen molar-refractivity contribution in [2.24, 2.45) is 0 Å². The highest BCUT2D eigenvalue weighted by molar-refractivity contribution is 5.85. The molecule has 102 valence electrons. The third-order valence-electron chi connectivity index (χ3n) is 2.92. The van der Waals surface area contributed by atoms with Crippen LogP contribution in [0.15, 0.2) is 0 Å². The monoisotopic (exact) mass is 264 g/mol. The van der Waals surface area contributed by atoms with Gasteiger partial charge in [0.05, 0.1) is 13.0 Å². The molecule has 1 aliphatic heterocycles. The molecule has 4 nitrogen and oxygen atoms in total. The first kappa shape index (κ1) is 16.7. The molecule has 5 heteroatoms. The lowest BCUT2D eigenvalue weighted by molar-refractivity contribution is -0.134. The number of hydrogen-bond donors (Lipinski definition) is 1. The topological polar surface area (TPSA) is 41.6 Å². The Morgan fingerprint density at radius 1 is 1.47 bits per heavy atom. The molecule has 1 heterocycles. The molecule has 0 aromatic rings. The zero-order chi connectivity index (χ0) is 11.8. The normalized spacial score (nSPS) is 18.8. The fourth-order valence-corrected chi connectivity index (χ4v) is 2.10. The third kappa shape index (κ3) is 5.70. The lowest BCUT2D eigenvalue weighted by Crippen LogP contribution is -2.42. The summed E-state index contributed by atoms with van der Waals surface area (Å²) in [6.45, 7) is 8.16. The molecule has 0 saturated carbocycles. The summed E-state index contributed by atoms with van der Waals surface area (Å²) in [7, 11) is 0. The van der Waals surface area contributed by atoms with Gasteiger partial charge in [0.1, 0.15) is 0 Å². The van der Waals surface area contributed by atoms with Crippen LogP contribution in [-0.4, -0.2) is 49.7 Å². The molecule has 17 heavy (non-hydrogen) atoms. The van der Waals surface area contributed by atoms with Gasteiger partial charge in [-0.15, -0.1) is 12.4 Å². The highest BCUT2D eigenvalue weighted by atomic mass is 35.5. The predicted molar refractivity (Wildman–Crippen MR) is 71.6 cm³/mol. The number of nitrogens with one attached hydrogen (secondary N) is 1. The molecule has 1 fully saturated rings. The minimum Gasteiger partial charge on any atom is -0.381 e. The maximum atomic E-state index is 12.0. The van der Waals surface area contributed by atoms with Crippen molar-refractivity contribution in [2.75, 3.05) is 32.8 Å². The largest absolute Gasteiger partial charge is 0.381 e. The molecule has 1 rings (SSSR count). The van der Waals surface area contributed by atoms with E-state index in [2.05, 4.69) is 12.2 Å². The molecule has 1 amide bonds. The van der Waals surface area contributed by atoms with Crippen molar-refractivity contribution < 1.29 is 9.53 Å². The van der Waals surface area contributed by atoms with Crippen LogP contribution in [0.5, 0.6) is 0 Å². The van der Waals surface area contributed by atoms with Crippen molar-refractivity contribution in [2.45, 2.75) is 39.2 Å². The number of carbonyl (C=O) groups is 1. The average molecular weight is 265 g/mol. The van der Waals surface area contributed by atoms with Crippen molar-refractivity contribution >= 4 is 18.3 Å². The summed E-state index contributed by atoms with van der Waals surface area (Å²) in [6.07, 6.45) is 2.63. The summed E-state index contributed by atoms with van der Waals surface area (Å²) in [5.41, 5.74) is 0. The van der Waals surface area contributed by atoms with Crippen LogP contribution in [0.1, 0.15) is 33.1 Å². The van der Waals surface area contributed by atoms with Gasteiger partial charge in [-0.2, -0.15) is 0 Å². The highest BCUT2D eigenvalue weighted by Crippen LogP contribution is 2.11. The van der Waals surface area contributed by atoms with Gasteiger partial charge in [-0.05, 0) is 26.3 Å². The number of nitrogens with zero attached hydrogens (tertiary/aromatic N) is 1. The van der Waals surface area contributed by atoms with E-state index in [1.807, 2.05) is 11.8 Å². The van der Waals surface area contributed by atoms with Crippen LogP contribution in [0.3, 0.4) is 0 Å². The van der Waals surface area contributed by atoms with Crippen molar-refractivity contribution in [1.29, 1.82) is 0 Å². The van der Waals surface area contributed by atoms with E-state index in [1.54, 1.807) is 0 Å². The SMILES string of the molecule is CCCN(C(=O)CCOCC)C1CCNC1.Cl. The molecule has 1 saturated heterocycles.